The lowest BCUT2D eigenvalue weighted by atomic mass is 9.33. The highest BCUT2D eigenvalue weighted by molar-refractivity contribution is 5.79. The highest BCUT2D eigenvalue weighted by atomic mass is 16.8. The molecule has 10 rings (SSSR count). The van der Waals surface area contributed by atoms with Crippen LogP contribution in [0.5, 0.6) is 0 Å². The first-order valence-corrected chi connectivity index (χ1v) is 31.1. The number of hydrogen-bond acceptors (Lipinski definition) is 26. The van der Waals surface area contributed by atoms with Gasteiger partial charge < -0.3 is 124 Å². The number of aliphatic hydroxyl groups excluding tert-OH is 15. The zero-order valence-corrected chi connectivity index (χ0v) is 50.7. The fourth-order valence-electron chi connectivity index (χ4n) is 17.8. The Hall–Kier alpha value is -1.75. The summed E-state index contributed by atoms with van der Waals surface area (Å²) in [5.41, 5.74) is -1.36. The average Bonchev–Trinajstić information content (AvgIpc) is 0.710. The number of allylic oxidation sites excluding steroid dienone is 2. The standard InChI is InChI=1S/C60H98O26/c1-24-34(63)38(67)43(72)50(78-24)84-47-29(22-62)81-49(46(75)42(47)71)77-23-30-37(66)40(69)45(74)52(82-30)86-54(76)60-18-16-55(3,4)20-27(60)26-10-11-32-57(7)14-13-33(56(5,6)31(57)12-15-59(32,9)58(26,8)17-19-60)83-53-48(41(70)36(65)28(21-61)80-53)85-51-44(73)39(68)35(64)25(2)79-51/h10,24-25,27-53,61-75H,11-23H2,1-9H3/t24-,25-,27-,28+,29+,30+,31-,32+,33-,34-,35-,36+,37+,38+,39+,40-,41-,42+,43+,44+,45+,46+,47+,48+,49+,50-,51-,52-,53-,57-,58+,59+,60-/m0/s1. The van der Waals surface area contributed by atoms with Gasteiger partial charge in [-0.15, -0.1) is 0 Å². The minimum Gasteiger partial charge on any atom is -0.432 e. The van der Waals surface area contributed by atoms with Crippen LogP contribution in [0.15, 0.2) is 11.6 Å². The number of fused-ring (bicyclic) bond motifs is 7. The van der Waals surface area contributed by atoms with Gasteiger partial charge in [0.1, 0.15) is 110 Å². The normalized spacial score (nSPS) is 54.5. The third-order valence-electron chi connectivity index (χ3n) is 23.4. The molecule has 10 aliphatic rings. The molecule has 15 N–H and O–H groups in total. The molecule has 494 valence electrons. The Labute approximate surface area is 501 Å². The summed E-state index contributed by atoms with van der Waals surface area (Å²) in [6.45, 7) is 16.7. The van der Waals surface area contributed by atoms with E-state index in [1.54, 1.807) is 0 Å². The summed E-state index contributed by atoms with van der Waals surface area (Å²) in [6.07, 6.45) is -30.7. The molecule has 5 saturated heterocycles. The molecular weight excluding hydrogens is 1140 g/mol. The van der Waals surface area contributed by atoms with Crippen LogP contribution in [-0.4, -0.2) is 262 Å². The van der Waals surface area contributed by atoms with Crippen LogP contribution in [0.3, 0.4) is 0 Å². The maximum absolute atomic E-state index is 15.3. The molecule has 5 aliphatic heterocycles. The fourth-order valence-corrected chi connectivity index (χ4v) is 17.8. The molecule has 0 unspecified atom stereocenters. The van der Waals surface area contributed by atoms with E-state index in [0.29, 0.717) is 38.5 Å². The molecule has 4 saturated carbocycles. The van der Waals surface area contributed by atoms with Crippen molar-refractivity contribution in [2.45, 2.75) is 286 Å². The Morgan fingerprint density at radius 2 is 1.03 bits per heavy atom. The maximum atomic E-state index is 15.3. The first kappa shape index (κ1) is 67.1. The van der Waals surface area contributed by atoms with Gasteiger partial charge in [-0.1, -0.05) is 60.1 Å². The molecule has 5 aliphatic carbocycles. The molecule has 0 bridgehead atoms. The Balaban J connectivity index is 0.832. The van der Waals surface area contributed by atoms with E-state index >= 15 is 4.79 Å². The summed E-state index contributed by atoms with van der Waals surface area (Å²) in [6, 6.07) is 0. The highest BCUT2D eigenvalue weighted by Crippen LogP contribution is 2.76. The summed E-state index contributed by atoms with van der Waals surface area (Å²) in [4.78, 5) is 15.3. The third-order valence-corrected chi connectivity index (χ3v) is 23.4. The summed E-state index contributed by atoms with van der Waals surface area (Å²) in [7, 11) is 0. The number of carbonyl (C=O) groups is 1. The van der Waals surface area contributed by atoms with Gasteiger partial charge in [0.15, 0.2) is 25.2 Å². The van der Waals surface area contributed by atoms with Crippen LogP contribution in [-0.2, 0) is 52.2 Å². The smallest absolute Gasteiger partial charge is 0.315 e. The number of aliphatic hydroxyl groups is 15. The lowest BCUT2D eigenvalue weighted by molar-refractivity contribution is -0.376. The van der Waals surface area contributed by atoms with Crippen molar-refractivity contribution in [1.29, 1.82) is 0 Å². The monoisotopic (exact) mass is 1230 g/mol. The van der Waals surface area contributed by atoms with Crippen LogP contribution in [0.2, 0.25) is 0 Å². The van der Waals surface area contributed by atoms with Crippen LogP contribution in [0.1, 0.15) is 127 Å². The molecule has 26 nitrogen and oxygen atoms in total. The largest absolute Gasteiger partial charge is 0.432 e. The number of esters is 1. The number of hydrogen-bond donors (Lipinski definition) is 15. The SMILES string of the molecule is C[C@@H]1O[C@@H](O[C@H]2[C@H](O[C@H]3CC[C@]4(C)[C@H]5CC=C6[C@@H]7CC(C)(C)CC[C@]7(C(=O)O[C@@H]7O[C@H](CO[C@@H]8O[C@H](CO)[C@@H](O[C@@H]9O[C@@H](C)[C@H](O)[C@@H](O)[C@H]9O)[C@H](O)[C@H]8O)[C@@H](O)[C@H](O)[C@H]7O)CC[C@@]6(C)[C@]5(C)CC[C@H]4C3(C)C)O[C@H](CO)[C@@H](O)[C@@H]2O)[C@H](O)[C@H](O)[C@H]1O. The molecule has 0 radical (unpaired) electrons. The van der Waals surface area contributed by atoms with E-state index in [0.717, 1.165) is 25.7 Å². The van der Waals surface area contributed by atoms with Gasteiger partial charge in [-0.05, 0) is 123 Å². The van der Waals surface area contributed by atoms with Crippen LogP contribution < -0.4 is 0 Å². The van der Waals surface area contributed by atoms with Crippen LogP contribution >= 0.6 is 0 Å². The van der Waals surface area contributed by atoms with Crippen molar-refractivity contribution in [2.24, 2.45) is 50.2 Å². The number of rotatable bonds is 13. The zero-order valence-electron chi connectivity index (χ0n) is 50.7. The fraction of sp³-hybridized carbons (Fsp3) is 0.950. The van der Waals surface area contributed by atoms with Gasteiger partial charge in [-0.3, -0.25) is 4.79 Å². The van der Waals surface area contributed by atoms with E-state index in [1.807, 2.05) is 0 Å². The number of carbonyl (C=O) groups excluding carboxylic acids is 1. The molecule has 0 aromatic rings. The Morgan fingerprint density at radius 1 is 0.512 bits per heavy atom. The van der Waals surface area contributed by atoms with Gasteiger partial charge in [0, 0.05) is 0 Å². The number of ether oxygens (including phenoxy) is 10. The molecule has 33 atom stereocenters. The lowest BCUT2D eigenvalue weighted by Gasteiger charge is -2.71. The molecule has 0 spiro atoms. The van der Waals surface area contributed by atoms with Gasteiger partial charge in [0.05, 0.1) is 43.5 Å². The van der Waals surface area contributed by atoms with Gasteiger partial charge in [-0.25, -0.2) is 0 Å². The summed E-state index contributed by atoms with van der Waals surface area (Å²) in [5.74, 6) is -0.578. The Bertz CT molecular complexity index is 2400. The van der Waals surface area contributed by atoms with E-state index in [2.05, 4.69) is 54.5 Å². The van der Waals surface area contributed by atoms with Crippen LogP contribution in [0, 0.1) is 50.2 Å². The second-order valence-electron chi connectivity index (χ2n) is 29.1. The van der Waals surface area contributed by atoms with Crippen molar-refractivity contribution in [3.05, 3.63) is 11.6 Å². The minimum atomic E-state index is -1.90. The quantitative estimate of drug-likeness (QED) is 0.0531. The second kappa shape index (κ2) is 24.6. The van der Waals surface area contributed by atoms with Crippen LogP contribution in [0.25, 0.3) is 0 Å². The topological polar surface area (TPSA) is 413 Å². The van der Waals surface area contributed by atoms with Gasteiger partial charge in [-0.2, -0.15) is 0 Å². The van der Waals surface area contributed by atoms with Crippen molar-refractivity contribution in [2.75, 3.05) is 19.8 Å². The van der Waals surface area contributed by atoms with Crippen LogP contribution in [0.4, 0.5) is 0 Å². The van der Waals surface area contributed by atoms with Gasteiger partial charge in [0.2, 0.25) is 6.29 Å². The molecule has 0 amide bonds. The molecule has 0 aromatic heterocycles. The van der Waals surface area contributed by atoms with Crippen molar-refractivity contribution in [3.63, 3.8) is 0 Å². The van der Waals surface area contributed by atoms with Crippen molar-refractivity contribution in [3.8, 4) is 0 Å². The van der Waals surface area contributed by atoms with E-state index in [-0.39, 0.29) is 39.4 Å². The molecule has 9 fully saturated rings. The average molecular weight is 1240 g/mol. The summed E-state index contributed by atoms with van der Waals surface area (Å²) < 4.78 is 59.8. The molecule has 0 aromatic carbocycles. The minimum absolute atomic E-state index is 0.112. The van der Waals surface area contributed by atoms with Crippen molar-refractivity contribution < 1.29 is 129 Å². The van der Waals surface area contributed by atoms with E-state index < -0.39 is 196 Å². The van der Waals surface area contributed by atoms with Gasteiger partial charge in [0.25, 0.3) is 0 Å². The molecule has 5 heterocycles. The maximum Gasteiger partial charge on any atom is 0.315 e. The van der Waals surface area contributed by atoms with E-state index in [1.165, 1.54) is 19.4 Å². The lowest BCUT2D eigenvalue weighted by Crippen LogP contribution is -2.67. The van der Waals surface area contributed by atoms with E-state index in [4.69, 9.17) is 47.4 Å². The third kappa shape index (κ3) is 11.2. The van der Waals surface area contributed by atoms with E-state index in [9.17, 15) is 76.6 Å². The molecule has 86 heavy (non-hydrogen) atoms. The first-order valence-electron chi connectivity index (χ1n) is 31.1. The Kier molecular flexibility index (Phi) is 19.2. The first-order chi connectivity index (χ1) is 40.2. The Morgan fingerprint density at radius 3 is 1.65 bits per heavy atom. The summed E-state index contributed by atoms with van der Waals surface area (Å²) in [5, 5.41) is 162. The van der Waals surface area contributed by atoms with Crippen molar-refractivity contribution >= 4 is 5.97 Å². The highest BCUT2D eigenvalue weighted by Gasteiger charge is 2.70. The van der Waals surface area contributed by atoms with Crippen molar-refractivity contribution in [1.82, 2.24) is 0 Å². The molecule has 26 heteroatoms. The van der Waals surface area contributed by atoms with Gasteiger partial charge >= 0.3 is 5.97 Å². The second-order valence-corrected chi connectivity index (χ2v) is 29.1. The predicted molar refractivity (Wildman–Crippen MR) is 293 cm³/mol. The molecular formula is C60H98O26. The summed E-state index contributed by atoms with van der Waals surface area (Å²) >= 11 is 0. The zero-order chi connectivity index (χ0) is 62.9. The predicted octanol–water partition coefficient (Wildman–Crippen LogP) is -2.16.